The molecule has 0 saturated carbocycles. The molecule has 0 unspecified atom stereocenters. The minimum Gasteiger partial charge on any atom is -0.493 e. The van der Waals surface area contributed by atoms with E-state index in [1.165, 1.54) is 11.6 Å². The normalized spacial score (nSPS) is 11.0. The van der Waals surface area contributed by atoms with Crippen LogP contribution in [-0.4, -0.2) is 24.3 Å². The van der Waals surface area contributed by atoms with Crippen molar-refractivity contribution in [3.8, 4) is 11.5 Å². The van der Waals surface area contributed by atoms with Gasteiger partial charge < -0.3 is 19.0 Å². The van der Waals surface area contributed by atoms with Crippen LogP contribution < -0.4 is 14.9 Å². The number of carboxylic acid groups (broad SMARTS) is 1. The molecule has 156 valence electrons. The van der Waals surface area contributed by atoms with E-state index in [9.17, 15) is 9.59 Å². The summed E-state index contributed by atoms with van der Waals surface area (Å²) in [7, 11) is 0. The Morgan fingerprint density at radius 2 is 1.86 bits per heavy atom. The average Bonchev–Trinajstić information content (AvgIpc) is 2.70. The topological polar surface area (TPSA) is 86.0 Å². The smallest absolute Gasteiger partial charge is 0.371 e. The third-order valence-electron chi connectivity index (χ3n) is 4.24. The minimum atomic E-state index is -1.29. The molecule has 1 aromatic heterocycles. The Kier molecular flexibility index (Phi) is 9.02. The zero-order valence-electron chi connectivity index (χ0n) is 17.0. The van der Waals surface area contributed by atoms with E-state index in [0.717, 1.165) is 43.9 Å². The fourth-order valence-corrected chi connectivity index (χ4v) is 2.87. The second kappa shape index (κ2) is 11.7. The quantitative estimate of drug-likeness (QED) is 0.507. The second-order valence-electron chi connectivity index (χ2n) is 6.59. The molecule has 0 bridgehead atoms. The molecule has 2 aromatic rings. The Hall–Kier alpha value is -3.02. The molecule has 29 heavy (non-hydrogen) atoms. The highest BCUT2D eigenvalue weighted by Gasteiger charge is 2.15. The van der Waals surface area contributed by atoms with Gasteiger partial charge in [0.15, 0.2) is 5.76 Å². The van der Waals surface area contributed by atoms with Gasteiger partial charge in [-0.3, -0.25) is 4.79 Å². The summed E-state index contributed by atoms with van der Waals surface area (Å²) in [6, 6.07) is 9.03. The lowest BCUT2D eigenvalue weighted by Crippen LogP contribution is -2.13. The molecule has 6 nitrogen and oxygen atoms in total. The first-order valence-electron chi connectivity index (χ1n) is 9.94. The predicted octanol–water partition coefficient (Wildman–Crippen LogP) is 4.95. The van der Waals surface area contributed by atoms with Gasteiger partial charge in [0.1, 0.15) is 5.75 Å². The van der Waals surface area contributed by atoms with Crippen LogP contribution in [0.4, 0.5) is 0 Å². The molecule has 0 aliphatic heterocycles. The van der Waals surface area contributed by atoms with Crippen molar-refractivity contribution in [2.24, 2.45) is 0 Å². The van der Waals surface area contributed by atoms with Gasteiger partial charge in [0.25, 0.3) is 0 Å². The molecule has 0 fully saturated rings. The largest absolute Gasteiger partial charge is 0.493 e. The summed E-state index contributed by atoms with van der Waals surface area (Å²) in [6.07, 6.45) is 7.76. The number of benzene rings is 1. The van der Waals surface area contributed by atoms with Crippen LogP contribution in [0.3, 0.4) is 0 Å². The molecule has 0 saturated heterocycles. The van der Waals surface area contributed by atoms with Gasteiger partial charge in [-0.2, -0.15) is 0 Å². The van der Waals surface area contributed by atoms with E-state index < -0.39 is 17.2 Å². The van der Waals surface area contributed by atoms with Crippen LogP contribution in [0.25, 0.3) is 6.08 Å². The van der Waals surface area contributed by atoms with E-state index in [2.05, 4.69) is 13.0 Å². The van der Waals surface area contributed by atoms with Gasteiger partial charge in [-0.05, 0) is 50.3 Å². The number of carboxylic acids is 1. The summed E-state index contributed by atoms with van der Waals surface area (Å²) >= 11 is 0. The Bertz CT molecular complexity index is 881. The van der Waals surface area contributed by atoms with Crippen LogP contribution in [0.1, 0.15) is 61.4 Å². The number of aryl methyl sites for hydroxylation is 1. The number of ether oxygens (including phenoxy) is 2. The molecular formula is C23H28O6. The van der Waals surface area contributed by atoms with E-state index in [1.54, 1.807) is 13.0 Å². The van der Waals surface area contributed by atoms with Crippen LogP contribution in [0.2, 0.25) is 0 Å². The number of para-hydroxylation sites is 1. The van der Waals surface area contributed by atoms with E-state index in [-0.39, 0.29) is 11.5 Å². The lowest BCUT2D eigenvalue weighted by Gasteiger charge is -2.11. The number of carbonyl (C=O) groups is 1. The van der Waals surface area contributed by atoms with E-state index in [0.29, 0.717) is 13.2 Å². The van der Waals surface area contributed by atoms with Crippen molar-refractivity contribution >= 4 is 12.0 Å². The monoisotopic (exact) mass is 400 g/mol. The fraction of sp³-hybridized carbons (Fsp3) is 0.391. The van der Waals surface area contributed by atoms with Gasteiger partial charge in [-0.1, -0.05) is 37.6 Å². The Balaban J connectivity index is 1.80. The van der Waals surface area contributed by atoms with Crippen molar-refractivity contribution in [1.29, 1.82) is 0 Å². The number of allylic oxidation sites excluding steroid dienone is 1. The Morgan fingerprint density at radius 1 is 1.14 bits per heavy atom. The van der Waals surface area contributed by atoms with Gasteiger partial charge >= 0.3 is 5.97 Å². The number of hydrogen-bond acceptors (Lipinski definition) is 5. The van der Waals surface area contributed by atoms with Crippen LogP contribution in [0.15, 0.2) is 45.6 Å². The number of aromatic carboxylic acids is 1. The van der Waals surface area contributed by atoms with Crippen LogP contribution in [-0.2, 0) is 6.42 Å². The SMILES string of the molecule is CC=Cc1oc(C(=O)O)cc(=O)c1OCCCCCOc1ccccc1CCC. The Morgan fingerprint density at radius 3 is 2.55 bits per heavy atom. The second-order valence-corrected chi connectivity index (χ2v) is 6.59. The predicted molar refractivity (Wildman–Crippen MR) is 112 cm³/mol. The molecule has 0 atom stereocenters. The zero-order chi connectivity index (χ0) is 21.1. The van der Waals surface area contributed by atoms with Crippen molar-refractivity contribution in [3.63, 3.8) is 0 Å². The maximum Gasteiger partial charge on any atom is 0.371 e. The maximum absolute atomic E-state index is 12.1. The molecule has 0 spiro atoms. The summed E-state index contributed by atoms with van der Waals surface area (Å²) in [6.45, 7) is 4.86. The summed E-state index contributed by atoms with van der Waals surface area (Å²) in [4.78, 5) is 23.2. The van der Waals surface area contributed by atoms with Crippen LogP contribution in [0.5, 0.6) is 11.5 Å². The number of unbranched alkanes of at least 4 members (excludes halogenated alkanes) is 2. The van der Waals surface area contributed by atoms with Gasteiger partial charge in [0.2, 0.25) is 16.9 Å². The van der Waals surface area contributed by atoms with Crippen molar-refractivity contribution in [1.82, 2.24) is 0 Å². The molecule has 1 N–H and O–H groups in total. The summed E-state index contributed by atoms with van der Waals surface area (Å²) < 4.78 is 16.7. The maximum atomic E-state index is 12.1. The first-order valence-corrected chi connectivity index (χ1v) is 9.94. The molecule has 0 aliphatic carbocycles. The fourth-order valence-electron chi connectivity index (χ4n) is 2.87. The summed E-state index contributed by atoms with van der Waals surface area (Å²) in [5.41, 5.74) is 0.726. The van der Waals surface area contributed by atoms with Gasteiger partial charge in [-0.15, -0.1) is 0 Å². The third-order valence-corrected chi connectivity index (χ3v) is 4.24. The van der Waals surface area contributed by atoms with Crippen molar-refractivity contribution < 1.29 is 23.8 Å². The average molecular weight is 400 g/mol. The third kappa shape index (κ3) is 6.82. The summed E-state index contributed by atoms with van der Waals surface area (Å²) in [5.74, 6) is -0.598. The van der Waals surface area contributed by atoms with Gasteiger partial charge in [0, 0.05) is 6.07 Å². The highest BCUT2D eigenvalue weighted by molar-refractivity contribution is 5.84. The van der Waals surface area contributed by atoms with E-state index in [1.807, 2.05) is 18.2 Å². The lowest BCUT2D eigenvalue weighted by atomic mass is 10.1. The molecule has 2 rings (SSSR count). The molecule has 1 heterocycles. The van der Waals surface area contributed by atoms with Gasteiger partial charge in [0.05, 0.1) is 13.2 Å². The first kappa shape index (κ1) is 22.3. The molecule has 0 amide bonds. The van der Waals surface area contributed by atoms with Crippen LogP contribution in [0, 0.1) is 0 Å². The highest BCUT2D eigenvalue weighted by Crippen LogP contribution is 2.20. The van der Waals surface area contributed by atoms with Crippen molar-refractivity contribution in [2.45, 2.75) is 46.0 Å². The lowest BCUT2D eigenvalue weighted by molar-refractivity contribution is 0.0658. The van der Waals surface area contributed by atoms with E-state index in [4.69, 9.17) is 19.0 Å². The van der Waals surface area contributed by atoms with Crippen molar-refractivity contribution in [2.75, 3.05) is 13.2 Å². The van der Waals surface area contributed by atoms with Gasteiger partial charge in [-0.25, -0.2) is 4.79 Å². The standard InChI is InChI=1S/C23H28O6/c1-3-10-17-12-6-7-13-19(17)27-14-8-5-9-15-28-22-18(24)16-21(23(25)26)29-20(22)11-4-2/h4,6-7,11-13,16H,3,5,8-10,14-15H2,1-2H3,(H,25,26). The summed E-state index contributed by atoms with van der Waals surface area (Å²) in [5, 5.41) is 9.01. The molecule has 1 aromatic carbocycles. The minimum absolute atomic E-state index is 0.0397. The number of rotatable bonds is 12. The zero-order valence-corrected chi connectivity index (χ0v) is 17.0. The first-order chi connectivity index (χ1) is 14.1. The molecular weight excluding hydrogens is 372 g/mol. The van der Waals surface area contributed by atoms with Crippen molar-refractivity contribution in [3.05, 3.63) is 63.7 Å². The molecule has 6 heteroatoms. The Labute approximate surface area is 170 Å². The highest BCUT2D eigenvalue weighted by atomic mass is 16.5. The van der Waals surface area contributed by atoms with E-state index >= 15 is 0 Å². The molecule has 0 aliphatic rings. The molecule has 0 radical (unpaired) electrons. The van der Waals surface area contributed by atoms with Crippen LogP contribution >= 0.6 is 0 Å². The number of hydrogen-bond donors (Lipinski definition) is 1.